The summed E-state index contributed by atoms with van der Waals surface area (Å²) in [6, 6.07) is 8.16. The third kappa shape index (κ3) is 3.14. The van der Waals surface area contributed by atoms with Crippen molar-refractivity contribution >= 4 is 22.7 Å². The maximum atomic E-state index is 5.69. The Morgan fingerprint density at radius 1 is 1.23 bits per heavy atom. The molecule has 3 rings (SSSR count). The van der Waals surface area contributed by atoms with Crippen LogP contribution in [0.25, 0.3) is 10.9 Å². The van der Waals surface area contributed by atoms with E-state index in [1.807, 2.05) is 18.2 Å². The Bertz CT molecular complexity index is 621. The maximum absolute atomic E-state index is 5.69. The van der Waals surface area contributed by atoms with E-state index in [2.05, 4.69) is 30.1 Å². The van der Waals surface area contributed by atoms with Crippen molar-refractivity contribution in [2.45, 2.75) is 32.8 Å². The summed E-state index contributed by atoms with van der Waals surface area (Å²) >= 11 is 0. The average molecular weight is 300 g/mol. The number of hydrogen-bond donors (Lipinski definition) is 1. The van der Waals surface area contributed by atoms with E-state index >= 15 is 0 Å². The van der Waals surface area contributed by atoms with Crippen LogP contribution in [0.5, 0.6) is 0 Å². The molecule has 2 aromatic rings. The summed E-state index contributed by atoms with van der Waals surface area (Å²) in [5.74, 6) is 1.70. The van der Waals surface area contributed by atoms with E-state index in [0.29, 0.717) is 6.10 Å². The van der Waals surface area contributed by atoms with E-state index in [4.69, 9.17) is 14.7 Å². The number of aromatic nitrogens is 2. The summed E-state index contributed by atoms with van der Waals surface area (Å²) in [4.78, 5) is 11.6. The van der Waals surface area contributed by atoms with E-state index in [0.717, 1.165) is 61.8 Å². The fourth-order valence-corrected chi connectivity index (χ4v) is 2.86. The van der Waals surface area contributed by atoms with E-state index in [9.17, 15) is 0 Å². The third-order valence-electron chi connectivity index (χ3n) is 4.16. The monoisotopic (exact) mass is 300 g/mol. The Labute approximate surface area is 131 Å². The van der Waals surface area contributed by atoms with Gasteiger partial charge in [-0.15, -0.1) is 0 Å². The number of hydrogen-bond acceptors (Lipinski definition) is 5. The molecular weight excluding hydrogens is 276 g/mol. The zero-order valence-electron chi connectivity index (χ0n) is 13.4. The van der Waals surface area contributed by atoms with Gasteiger partial charge >= 0.3 is 0 Å². The maximum Gasteiger partial charge on any atom is 0.227 e. The summed E-state index contributed by atoms with van der Waals surface area (Å²) in [6.07, 6.45) is 2.58. The van der Waals surface area contributed by atoms with E-state index in [1.165, 1.54) is 0 Å². The first-order valence-corrected chi connectivity index (χ1v) is 8.19. The third-order valence-corrected chi connectivity index (χ3v) is 4.16. The van der Waals surface area contributed by atoms with Crippen molar-refractivity contribution in [3.63, 3.8) is 0 Å². The SMILES string of the molecule is CCN(CC)c1nc(NCC2CCCO2)c2ccccc2n1. The summed E-state index contributed by atoms with van der Waals surface area (Å²) < 4.78 is 5.69. The molecule has 1 atom stereocenters. The second-order valence-electron chi connectivity index (χ2n) is 5.58. The molecule has 0 amide bonds. The lowest BCUT2D eigenvalue weighted by Gasteiger charge is -2.20. The van der Waals surface area contributed by atoms with Crippen LogP contribution < -0.4 is 10.2 Å². The van der Waals surface area contributed by atoms with Crippen LogP contribution >= 0.6 is 0 Å². The second kappa shape index (κ2) is 6.92. The zero-order valence-corrected chi connectivity index (χ0v) is 13.4. The van der Waals surface area contributed by atoms with Crippen molar-refractivity contribution in [2.75, 3.05) is 36.5 Å². The minimum absolute atomic E-state index is 0.297. The van der Waals surface area contributed by atoms with E-state index < -0.39 is 0 Å². The first-order valence-electron chi connectivity index (χ1n) is 8.19. The quantitative estimate of drug-likeness (QED) is 0.888. The lowest BCUT2D eigenvalue weighted by atomic mass is 10.2. The van der Waals surface area contributed by atoms with Gasteiger partial charge in [0, 0.05) is 31.6 Å². The highest BCUT2D eigenvalue weighted by Gasteiger charge is 2.17. The van der Waals surface area contributed by atoms with Gasteiger partial charge in [-0.3, -0.25) is 0 Å². The molecule has 0 saturated carbocycles. The molecule has 1 aromatic carbocycles. The molecule has 1 N–H and O–H groups in total. The van der Waals surface area contributed by atoms with Crippen molar-refractivity contribution in [3.8, 4) is 0 Å². The molecule has 1 unspecified atom stereocenters. The minimum atomic E-state index is 0.297. The van der Waals surface area contributed by atoms with Crippen LogP contribution in [0, 0.1) is 0 Å². The van der Waals surface area contributed by atoms with E-state index in [1.54, 1.807) is 0 Å². The normalized spacial score (nSPS) is 17.8. The average Bonchev–Trinajstić information content (AvgIpc) is 3.07. The number of fused-ring (bicyclic) bond motifs is 1. The first-order chi connectivity index (χ1) is 10.8. The molecule has 1 aliphatic rings. The molecule has 0 spiro atoms. The van der Waals surface area contributed by atoms with Gasteiger partial charge in [0.2, 0.25) is 5.95 Å². The van der Waals surface area contributed by atoms with Gasteiger partial charge in [0.05, 0.1) is 11.6 Å². The van der Waals surface area contributed by atoms with Crippen LogP contribution in [-0.4, -0.2) is 42.3 Å². The summed E-state index contributed by atoms with van der Waals surface area (Å²) in [5.41, 5.74) is 0.981. The highest BCUT2D eigenvalue weighted by Crippen LogP contribution is 2.24. The molecule has 5 nitrogen and oxygen atoms in total. The number of nitrogens with zero attached hydrogens (tertiary/aromatic N) is 3. The van der Waals surface area contributed by atoms with Crippen molar-refractivity contribution in [2.24, 2.45) is 0 Å². The van der Waals surface area contributed by atoms with Gasteiger partial charge in [0.1, 0.15) is 5.82 Å². The number of rotatable bonds is 6. The molecule has 0 aliphatic carbocycles. The van der Waals surface area contributed by atoms with Crippen molar-refractivity contribution in [3.05, 3.63) is 24.3 Å². The lowest BCUT2D eigenvalue weighted by molar-refractivity contribution is 0.120. The van der Waals surface area contributed by atoms with Crippen LogP contribution in [0.2, 0.25) is 0 Å². The number of para-hydroxylation sites is 1. The fraction of sp³-hybridized carbons (Fsp3) is 0.529. The number of benzene rings is 1. The predicted octanol–water partition coefficient (Wildman–Crippen LogP) is 3.07. The predicted molar refractivity (Wildman–Crippen MR) is 90.6 cm³/mol. The number of ether oxygens (including phenoxy) is 1. The van der Waals surface area contributed by atoms with Gasteiger partial charge in [-0.2, -0.15) is 4.98 Å². The van der Waals surface area contributed by atoms with Gasteiger partial charge in [-0.1, -0.05) is 12.1 Å². The van der Waals surface area contributed by atoms with Gasteiger partial charge < -0.3 is 15.0 Å². The summed E-state index contributed by atoms with van der Waals surface area (Å²) in [7, 11) is 0. The van der Waals surface area contributed by atoms with Crippen LogP contribution in [0.1, 0.15) is 26.7 Å². The number of nitrogens with one attached hydrogen (secondary N) is 1. The molecule has 1 fully saturated rings. The standard InChI is InChI=1S/C17H24N4O/c1-3-21(4-2)17-19-15-10-6-5-9-14(15)16(20-17)18-12-13-8-7-11-22-13/h5-6,9-10,13H,3-4,7-8,11-12H2,1-2H3,(H,18,19,20). The van der Waals surface area contributed by atoms with Crippen molar-refractivity contribution in [1.82, 2.24) is 9.97 Å². The first kappa shape index (κ1) is 15.0. The second-order valence-corrected chi connectivity index (χ2v) is 5.58. The molecule has 118 valence electrons. The highest BCUT2D eigenvalue weighted by molar-refractivity contribution is 5.90. The smallest absolute Gasteiger partial charge is 0.227 e. The zero-order chi connectivity index (χ0) is 15.4. The van der Waals surface area contributed by atoms with Gasteiger partial charge in [-0.25, -0.2) is 4.98 Å². The molecule has 0 bridgehead atoms. The highest BCUT2D eigenvalue weighted by atomic mass is 16.5. The Balaban J connectivity index is 1.91. The minimum Gasteiger partial charge on any atom is -0.376 e. The molecular formula is C17H24N4O. The largest absolute Gasteiger partial charge is 0.376 e. The van der Waals surface area contributed by atoms with Crippen LogP contribution in [0.3, 0.4) is 0 Å². The van der Waals surface area contributed by atoms with Gasteiger partial charge in [0.15, 0.2) is 0 Å². The van der Waals surface area contributed by atoms with Crippen LogP contribution in [-0.2, 0) is 4.74 Å². The Morgan fingerprint density at radius 2 is 2.05 bits per heavy atom. The lowest BCUT2D eigenvalue weighted by Crippen LogP contribution is -2.25. The molecule has 22 heavy (non-hydrogen) atoms. The van der Waals surface area contributed by atoms with Gasteiger partial charge in [0.25, 0.3) is 0 Å². The Hall–Kier alpha value is -1.88. The molecule has 1 aromatic heterocycles. The molecule has 2 heterocycles. The topological polar surface area (TPSA) is 50.3 Å². The van der Waals surface area contributed by atoms with Gasteiger partial charge in [-0.05, 0) is 38.8 Å². The Morgan fingerprint density at radius 3 is 2.77 bits per heavy atom. The molecule has 0 radical (unpaired) electrons. The fourth-order valence-electron chi connectivity index (χ4n) is 2.86. The van der Waals surface area contributed by atoms with Crippen LogP contribution in [0.15, 0.2) is 24.3 Å². The molecule has 5 heteroatoms. The van der Waals surface area contributed by atoms with E-state index in [-0.39, 0.29) is 0 Å². The van der Waals surface area contributed by atoms with Crippen molar-refractivity contribution in [1.29, 1.82) is 0 Å². The number of anilines is 2. The summed E-state index contributed by atoms with van der Waals surface area (Å²) in [5, 5.41) is 4.54. The molecule has 1 aliphatic heterocycles. The molecule has 1 saturated heterocycles. The Kier molecular flexibility index (Phi) is 4.73. The summed E-state index contributed by atoms with van der Waals surface area (Å²) in [6.45, 7) is 7.74. The van der Waals surface area contributed by atoms with Crippen LogP contribution in [0.4, 0.5) is 11.8 Å². The van der Waals surface area contributed by atoms with Crippen molar-refractivity contribution < 1.29 is 4.74 Å².